The summed E-state index contributed by atoms with van der Waals surface area (Å²) >= 11 is 0. The molecule has 11 heteroatoms. The lowest BCUT2D eigenvalue weighted by molar-refractivity contribution is -0.144. The number of hydrogen-bond acceptors (Lipinski definition) is 7. The zero-order valence-electron chi connectivity index (χ0n) is 26.6. The number of rotatable bonds is 7. The number of carbonyl (C=O) groups excluding carboxylic acids is 5. The number of fused-ring (bicyclic) bond motifs is 4. The highest BCUT2D eigenvalue weighted by Gasteiger charge is 2.46. The largest absolute Gasteiger partial charge is 0.494 e. The van der Waals surface area contributed by atoms with E-state index in [4.69, 9.17) is 15.2 Å². The van der Waals surface area contributed by atoms with Crippen LogP contribution in [0.4, 0.5) is 0 Å². The van der Waals surface area contributed by atoms with Gasteiger partial charge in [0.15, 0.2) is 0 Å². The summed E-state index contributed by atoms with van der Waals surface area (Å²) in [5.41, 5.74) is 5.55. The Labute approximate surface area is 265 Å². The molecule has 4 aliphatic rings. The smallest absolute Gasteiger partial charge is 0.287 e. The highest BCUT2D eigenvalue weighted by molar-refractivity contribution is 6.37. The van der Waals surface area contributed by atoms with Gasteiger partial charge < -0.3 is 30.7 Å². The number of ketones is 1. The standard InChI is InChI=1S/C34H48N4O7/c1-34(2)14-7-15-44-24-11-6-8-22(16-24)18-28(39)37-29(23-9-4-3-5-10-23)33(43)38-20-25(45-34)19-27(38)32(42)36-26(17-21-12-13-21)30(40)31(35)41/h6,8,11,16,21,23,25-27,29H,3-5,7,9-10,12-15,17-20H2,1-2H3,(H2,35,41)(H,36,42)(H,37,39)/t25-,26+,27+,29-/m1/s1. The van der Waals surface area contributed by atoms with Crippen LogP contribution >= 0.6 is 0 Å². The maximum Gasteiger partial charge on any atom is 0.287 e. The van der Waals surface area contributed by atoms with Crippen LogP contribution in [0.25, 0.3) is 0 Å². The van der Waals surface area contributed by atoms with Crippen molar-refractivity contribution in [2.45, 2.75) is 121 Å². The van der Waals surface area contributed by atoms with Crippen molar-refractivity contribution in [3.63, 3.8) is 0 Å². The second-order valence-electron chi connectivity index (χ2n) is 13.9. The Morgan fingerprint density at radius 2 is 1.84 bits per heavy atom. The molecule has 0 unspecified atom stereocenters. The number of carbonyl (C=O) groups is 5. The maximum absolute atomic E-state index is 14.5. The van der Waals surface area contributed by atoms with E-state index >= 15 is 0 Å². The first kappa shape index (κ1) is 32.9. The lowest BCUT2D eigenvalue weighted by Gasteiger charge is -2.35. The second kappa shape index (κ2) is 14.3. The van der Waals surface area contributed by atoms with Crippen molar-refractivity contribution in [3.05, 3.63) is 29.8 Å². The third-order valence-corrected chi connectivity index (χ3v) is 9.63. The molecule has 2 aliphatic carbocycles. The SMILES string of the molecule is CC1(C)CCCOc2cccc(c2)CC(=O)N[C@H](C2CCCCC2)C(=O)N2C[C@@H](C[C@H]2C(=O)N[C@@H](CC2CC2)C(=O)C(N)=O)O1. The van der Waals surface area contributed by atoms with Crippen LogP contribution in [-0.4, -0.2) is 77.3 Å². The molecule has 5 rings (SSSR count). The van der Waals surface area contributed by atoms with Crippen LogP contribution in [0.15, 0.2) is 24.3 Å². The molecule has 1 aromatic rings. The Kier molecular flexibility index (Phi) is 10.5. The second-order valence-corrected chi connectivity index (χ2v) is 13.9. The minimum Gasteiger partial charge on any atom is -0.494 e. The number of nitrogens with two attached hydrogens (primary N) is 1. The maximum atomic E-state index is 14.5. The van der Waals surface area contributed by atoms with Crippen molar-refractivity contribution < 1.29 is 33.4 Å². The molecule has 0 radical (unpaired) electrons. The van der Waals surface area contributed by atoms with E-state index in [1.807, 2.05) is 38.1 Å². The predicted octanol–water partition coefficient (Wildman–Crippen LogP) is 2.57. The number of hydrogen-bond donors (Lipinski definition) is 3. The van der Waals surface area contributed by atoms with Gasteiger partial charge in [0.05, 0.1) is 30.8 Å². The lowest BCUT2D eigenvalue weighted by Crippen LogP contribution is -2.58. The third-order valence-electron chi connectivity index (χ3n) is 9.63. The van der Waals surface area contributed by atoms with E-state index in [-0.39, 0.29) is 43.0 Å². The minimum atomic E-state index is -1.09. The number of nitrogens with zero attached hydrogens (tertiary/aromatic N) is 1. The summed E-state index contributed by atoms with van der Waals surface area (Å²) in [6, 6.07) is 4.68. The van der Waals surface area contributed by atoms with Gasteiger partial charge in [-0.15, -0.1) is 0 Å². The summed E-state index contributed by atoms with van der Waals surface area (Å²) in [5.74, 6) is -2.15. The van der Waals surface area contributed by atoms with Gasteiger partial charge in [0, 0.05) is 13.0 Å². The summed E-state index contributed by atoms with van der Waals surface area (Å²) < 4.78 is 12.5. The van der Waals surface area contributed by atoms with E-state index in [2.05, 4.69) is 10.6 Å². The van der Waals surface area contributed by atoms with Crippen LogP contribution < -0.4 is 21.1 Å². The quantitative estimate of drug-likeness (QED) is 0.394. The van der Waals surface area contributed by atoms with Gasteiger partial charge in [-0.3, -0.25) is 24.0 Å². The first-order chi connectivity index (χ1) is 21.5. The first-order valence-electron chi connectivity index (χ1n) is 16.6. The van der Waals surface area contributed by atoms with Crippen LogP contribution in [0.1, 0.15) is 90.0 Å². The minimum absolute atomic E-state index is 0.0638. The molecule has 2 saturated carbocycles. The van der Waals surface area contributed by atoms with Crippen molar-refractivity contribution in [1.29, 1.82) is 0 Å². The molecule has 45 heavy (non-hydrogen) atoms. The molecule has 11 nitrogen and oxygen atoms in total. The van der Waals surface area contributed by atoms with Crippen molar-refractivity contribution in [1.82, 2.24) is 15.5 Å². The molecule has 3 fully saturated rings. The molecule has 0 spiro atoms. The molecule has 2 aliphatic heterocycles. The topological polar surface area (TPSA) is 157 Å². The lowest BCUT2D eigenvalue weighted by atomic mass is 9.83. The summed E-state index contributed by atoms with van der Waals surface area (Å²) in [6.45, 7) is 4.63. The van der Waals surface area contributed by atoms with Gasteiger partial charge in [0.1, 0.15) is 17.8 Å². The first-order valence-corrected chi connectivity index (χ1v) is 16.6. The normalized spacial score (nSPS) is 27.1. The molecule has 2 heterocycles. The molecule has 0 aromatic heterocycles. The van der Waals surface area contributed by atoms with Gasteiger partial charge in [0.2, 0.25) is 23.5 Å². The van der Waals surface area contributed by atoms with Gasteiger partial charge in [-0.1, -0.05) is 44.2 Å². The van der Waals surface area contributed by atoms with Gasteiger partial charge in [-0.25, -0.2) is 0 Å². The molecule has 1 saturated heterocycles. The fraction of sp³-hybridized carbons (Fsp3) is 0.676. The molecule has 4 bridgehead atoms. The Hall–Kier alpha value is -3.47. The zero-order valence-corrected chi connectivity index (χ0v) is 26.6. The third kappa shape index (κ3) is 8.83. The van der Waals surface area contributed by atoms with Crippen molar-refractivity contribution in [2.24, 2.45) is 17.6 Å². The molecule has 1 aromatic carbocycles. The van der Waals surface area contributed by atoms with Gasteiger partial charge in [0.25, 0.3) is 5.91 Å². The number of ether oxygens (including phenoxy) is 2. The van der Waals surface area contributed by atoms with Crippen LogP contribution in [0.2, 0.25) is 0 Å². The van der Waals surface area contributed by atoms with Gasteiger partial charge in [-0.2, -0.15) is 0 Å². The molecule has 4 N–H and O–H groups in total. The summed E-state index contributed by atoms with van der Waals surface area (Å²) in [6.07, 6.45) is 8.09. The van der Waals surface area contributed by atoms with Crippen LogP contribution in [0, 0.1) is 11.8 Å². The molecular formula is C34H48N4O7. The van der Waals surface area contributed by atoms with E-state index < -0.39 is 47.4 Å². The van der Waals surface area contributed by atoms with E-state index in [0.29, 0.717) is 25.2 Å². The molecule has 246 valence electrons. The van der Waals surface area contributed by atoms with Crippen molar-refractivity contribution in [2.75, 3.05) is 13.2 Å². The van der Waals surface area contributed by atoms with E-state index in [1.165, 1.54) is 4.90 Å². The number of Topliss-reactive ketones (excluding diaryl/α,β-unsaturated/α-hetero) is 1. The highest BCUT2D eigenvalue weighted by Crippen LogP contribution is 2.35. The summed E-state index contributed by atoms with van der Waals surface area (Å²) in [7, 11) is 0. The zero-order chi connectivity index (χ0) is 32.1. The molecule has 4 atom stereocenters. The Morgan fingerprint density at radius 3 is 2.56 bits per heavy atom. The summed E-state index contributed by atoms with van der Waals surface area (Å²) in [5, 5.41) is 5.82. The van der Waals surface area contributed by atoms with E-state index in [0.717, 1.165) is 56.9 Å². The average molecular weight is 625 g/mol. The van der Waals surface area contributed by atoms with Crippen LogP contribution in [0.5, 0.6) is 5.75 Å². The average Bonchev–Trinajstić information content (AvgIpc) is 3.73. The predicted molar refractivity (Wildman–Crippen MR) is 166 cm³/mol. The summed E-state index contributed by atoms with van der Waals surface area (Å²) in [4.78, 5) is 67.8. The number of benzene rings is 1. The Balaban J connectivity index is 1.44. The monoisotopic (exact) mass is 624 g/mol. The van der Waals surface area contributed by atoms with Gasteiger partial charge in [-0.05, 0) is 75.5 Å². The van der Waals surface area contributed by atoms with Crippen molar-refractivity contribution >= 4 is 29.4 Å². The molecule has 4 amide bonds. The van der Waals surface area contributed by atoms with E-state index in [1.54, 1.807) is 0 Å². The Bertz CT molecular complexity index is 1270. The fourth-order valence-electron chi connectivity index (χ4n) is 7.11. The molecular weight excluding hydrogens is 576 g/mol. The Morgan fingerprint density at radius 1 is 1.09 bits per heavy atom. The van der Waals surface area contributed by atoms with Crippen LogP contribution in [-0.2, 0) is 35.1 Å². The van der Waals surface area contributed by atoms with E-state index in [9.17, 15) is 24.0 Å². The number of amides is 4. The van der Waals surface area contributed by atoms with Crippen LogP contribution in [0.3, 0.4) is 0 Å². The number of nitrogens with one attached hydrogen (secondary N) is 2. The highest BCUT2D eigenvalue weighted by atomic mass is 16.5. The van der Waals surface area contributed by atoms with Gasteiger partial charge >= 0.3 is 0 Å². The number of primary amides is 1. The van der Waals surface area contributed by atoms with Crippen molar-refractivity contribution in [3.8, 4) is 5.75 Å². The fourth-order valence-corrected chi connectivity index (χ4v) is 7.11.